The van der Waals surface area contributed by atoms with E-state index in [4.69, 9.17) is 5.73 Å². The van der Waals surface area contributed by atoms with Gasteiger partial charge in [0.15, 0.2) is 5.96 Å². The summed E-state index contributed by atoms with van der Waals surface area (Å²) in [6, 6.07) is 0. The van der Waals surface area contributed by atoms with Gasteiger partial charge in [0.1, 0.15) is 0 Å². The van der Waals surface area contributed by atoms with Gasteiger partial charge < -0.3 is 10.6 Å². The van der Waals surface area contributed by atoms with Gasteiger partial charge in [0.05, 0.1) is 18.4 Å². The molecule has 92 valence electrons. The summed E-state index contributed by atoms with van der Waals surface area (Å²) in [5.74, 6) is 0.571. The van der Waals surface area contributed by atoms with Crippen molar-refractivity contribution in [1.82, 2.24) is 19.9 Å². The molecule has 0 radical (unpaired) electrons. The molecule has 1 aromatic rings. The van der Waals surface area contributed by atoms with E-state index in [2.05, 4.69) is 29.2 Å². The summed E-state index contributed by atoms with van der Waals surface area (Å²) < 4.78 is 1.69. The molecule has 0 unspecified atom stereocenters. The molecule has 7 heteroatoms. The molecule has 0 aliphatic rings. The Morgan fingerprint density at radius 2 is 2.12 bits per heavy atom. The van der Waals surface area contributed by atoms with Crippen LogP contribution in [0.5, 0.6) is 0 Å². The second-order valence-electron chi connectivity index (χ2n) is 3.20. The Labute approximate surface area is 113 Å². The summed E-state index contributed by atoms with van der Waals surface area (Å²) in [4.78, 5) is 6.29. The molecule has 0 amide bonds. The van der Waals surface area contributed by atoms with Crippen molar-refractivity contribution >= 4 is 29.9 Å². The van der Waals surface area contributed by atoms with E-state index in [1.54, 1.807) is 10.9 Å². The Hall–Kier alpha value is -0.860. The fraction of sp³-hybridized carbons (Fsp3) is 0.667. The van der Waals surface area contributed by atoms with Gasteiger partial charge in [0.25, 0.3) is 0 Å². The number of guanidine groups is 1. The fourth-order valence-corrected chi connectivity index (χ4v) is 1.26. The van der Waals surface area contributed by atoms with Crippen molar-refractivity contribution in [2.24, 2.45) is 17.8 Å². The monoisotopic (exact) mass is 338 g/mol. The van der Waals surface area contributed by atoms with Crippen LogP contribution in [0.4, 0.5) is 0 Å². The van der Waals surface area contributed by atoms with Gasteiger partial charge in [-0.3, -0.25) is 4.68 Å². The third-order valence-electron chi connectivity index (χ3n) is 2.30. The van der Waals surface area contributed by atoms with Crippen LogP contribution in [0.1, 0.15) is 19.5 Å². The number of aryl methyl sites for hydroxylation is 1. The van der Waals surface area contributed by atoms with Crippen molar-refractivity contribution in [2.45, 2.75) is 20.4 Å². The van der Waals surface area contributed by atoms with E-state index in [0.717, 1.165) is 18.8 Å². The third kappa shape index (κ3) is 3.95. The average molecular weight is 338 g/mol. The lowest BCUT2D eigenvalue weighted by molar-refractivity contribution is 0.457. The Kier molecular flexibility index (Phi) is 7.02. The molecule has 6 nitrogen and oxygen atoms in total. The minimum atomic E-state index is 0. The van der Waals surface area contributed by atoms with E-state index in [9.17, 15) is 0 Å². The highest BCUT2D eigenvalue weighted by Crippen LogP contribution is 1.97. The first-order chi connectivity index (χ1) is 7.19. The average Bonchev–Trinajstić information content (AvgIpc) is 2.63. The van der Waals surface area contributed by atoms with Crippen LogP contribution in [0.25, 0.3) is 0 Å². The lowest BCUT2D eigenvalue weighted by atomic mass is 10.5. The third-order valence-corrected chi connectivity index (χ3v) is 2.30. The molecule has 1 heterocycles. The second kappa shape index (κ2) is 7.42. The summed E-state index contributed by atoms with van der Waals surface area (Å²) in [7, 11) is 1.84. The van der Waals surface area contributed by atoms with Gasteiger partial charge in [-0.25, -0.2) is 4.99 Å². The normalized spacial score (nSPS) is 11.1. The number of nitrogens with zero attached hydrogens (tertiary/aromatic N) is 5. The summed E-state index contributed by atoms with van der Waals surface area (Å²) in [5, 5.41) is 7.60. The first-order valence-electron chi connectivity index (χ1n) is 5.07. The molecular formula is C9H19IN6. The number of hydrogen-bond acceptors (Lipinski definition) is 3. The molecule has 0 saturated heterocycles. The first kappa shape index (κ1) is 15.1. The zero-order valence-corrected chi connectivity index (χ0v) is 12.3. The van der Waals surface area contributed by atoms with E-state index >= 15 is 0 Å². The number of aliphatic imine (C=N–C) groups is 1. The predicted molar refractivity (Wildman–Crippen MR) is 74.7 cm³/mol. The molecule has 0 spiro atoms. The van der Waals surface area contributed by atoms with Crippen LogP contribution in [-0.4, -0.2) is 38.9 Å². The van der Waals surface area contributed by atoms with Crippen LogP contribution in [0.2, 0.25) is 0 Å². The fourth-order valence-electron chi connectivity index (χ4n) is 1.26. The molecule has 0 aliphatic heterocycles. The molecule has 0 aliphatic carbocycles. The SMILES string of the molecule is CCN(CC)C(N)=NCc1cnnn1C.I. The number of hydrogen-bond donors (Lipinski definition) is 1. The lowest BCUT2D eigenvalue weighted by Crippen LogP contribution is -2.37. The van der Waals surface area contributed by atoms with Gasteiger partial charge in [-0.1, -0.05) is 5.21 Å². The van der Waals surface area contributed by atoms with Crippen molar-refractivity contribution in [3.63, 3.8) is 0 Å². The van der Waals surface area contributed by atoms with Gasteiger partial charge in [-0.15, -0.1) is 29.1 Å². The second-order valence-corrected chi connectivity index (χ2v) is 3.20. The van der Waals surface area contributed by atoms with Crippen molar-refractivity contribution in [2.75, 3.05) is 13.1 Å². The quantitative estimate of drug-likeness (QED) is 0.496. The standard InChI is InChI=1S/C9H18N6.HI/c1-4-15(5-2)9(10)11-6-8-7-12-13-14(8)3;/h7H,4-6H2,1-3H3,(H2,10,11);1H. The largest absolute Gasteiger partial charge is 0.370 e. The van der Waals surface area contributed by atoms with Gasteiger partial charge >= 0.3 is 0 Å². The summed E-state index contributed by atoms with van der Waals surface area (Å²) in [6.07, 6.45) is 1.69. The first-order valence-corrected chi connectivity index (χ1v) is 5.07. The Morgan fingerprint density at radius 1 is 1.50 bits per heavy atom. The summed E-state index contributed by atoms with van der Waals surface area (Å²) in [6.45, 7) is 6.37. The maximum Gasteiger partial charge on any atom is 0.191 e. The summed E-state index contributed by atoms with van der Waals surface area (Å²) in [5.41, 5.74) is 6.78. The molecule has 16 heavy (non-hydrogen) atoms. The molecule has 0 fully saturated rings. The number of nitrogens with two attached hydrogens (primary N) is 1. The van der Waals surface area contributed by atoms with E-state index in [1.807, 2.05) is 11.9 Å². The Bertz CT molecular complexity index is 330. The molecule has 0 aromatic carbocycles. The Balaban J connectivity index is 0.00000225. The van der Waals surface area contributed by atoms with Crippen molar-refractivity contribution < 1.29 is 0 Å². The van der Waals surface area contributed by atoms with E-state index in [-0.39, 0.29) is 24.0 Å². The molecule has 1 aromatic heterocycles. The van der Waals surface area contributed by atoms with Crippen LogP contribution in [-0.2, 0) is 13.6 Å². The zero-order valence-electron chi connectivity index (χ0n) is 9.92. The van der Waals surface area contributed by atoms with Crippen molar-refractivity contribution in [3.8, 4) is 0 Å². The molecule has 2 N–H and O–H groups in total. The van der Waals surface area contributed by atoms with Crippen LogP contribution in [0, 0.1) is 0 Å². The van der Waals surface area contributed by atoms with Crippen molar-refractivity contribution in [3.05, 3.63) is 11.9 Å². The maximum absolute atomic E-state index is 5.83. The number of halogens is 1. The number of aromatic nitrogens is 3. The predicted octanol–water partition coefficient (Wildman–Crippen LogP) is 0.590. The van der Waals surface area contributed by atoms with Gasteiger partial charge in [0, 0.05) is 20.1 Å². The molecule has 0 atom stereocenters. The molecule has 1 rings (SSSR count). The van der Waals surface area contributed by atoms with Crippen LogP contribution in [0.3, 0.4) is 0 Å². The van der Waals surface area contributed by atoms with E-state index in [0.29, 0.717) is 12.5 Å². The topological polar surface area (TPSA) is 72.3 Å². The molecule has 0 bridgehead atoms. The highest BCUT2D eigenvalue weighted by molar-refractivity contribution is 14.0. The number of rotatable bonds is 4. The van der Waals surface area contributed by atoms with Gasteiger partial charge in [-0.05, 0) is 13.8 Å². The Morgan fingerprint density at radius 3 is 2.56 bits per heavy atom. The molecule has 0 saturated carbocycles. The van der Waals surface area contributed by atoms with Crippen LogP contribution < -0.4 is 5.73 Å². The van der Waals surface area contributed by atoms with Gasteiger partial charge in [-0.2, -0.15) is 0 Å². The van der Waals surface area contributed by atoms with Gasteiger partial charge in [0.2, 0.25) is 0 Å². The van der Waals surface area contributed by atoms with Crippen LogP contribution >= 0.6 is 24.0 Å². The van der Waals surface area contributed by atoms with E-state index < -0.39 is 0 Å². The lowest BCUT2D eigenvalue weighted by Gasteiger charge is -2.19. The zero-order chi connectivity index (χ0) is 11.3. The van der Waals surface area contributed by atoms with Crippen molar-refractivity contribution in [1.29, 1.82) is 0 Å². The minimum Gasteiger partial charge on any atom is -0.370 e. The highest BCUT2D eigenvalue weighted by Gasteiger charge is 2.03. The maximum atomic E-state index is 5.83. The summed E-state index contributed by atoms with van der Waals surface area (Å²) >= 11 is 0. The highest BCUT2D eigenvalue weighted by atomic mass is 127. The van der Waals surface area contributed by atoms with E-state index in [1.165, 1.54) is 0 Å². The smallest absolute Gasteiger partial charge is 0.191 e. The molecular weight excluding hydrogens is 319 g/mol. The minimum absolute atomic E-state index is 0. The van der Waals surface area contributed by atoms with Crippen LogP contribution in [0.15, 0.2) is 11.2 Å².